The van der Waals surface area contributed by atoms with Gasteiger partial charge in [0.1, 0.15) is 0 Å². The summed E-state index contributed by atoms with van der Waals surface area (Å²) >= 11 is 0. The number of hydrogen-bond donors (Lipinski definition) is 3. The Morgan fingerprint density at radius 3 is 2.39 bits per heavy atom. The molecule has 1 aromatic rings. The van der Waals surface area contributed by atoms with Gasteiger partial charge in [0.25, 0.3) is 0 Å². The minimum Gasteiger partial charge on any atom is -0.367 e. The number of allylic oxidation sites excluding steroid dienone is 6. The number of nitrogens with one attached hydrogen (secondary N) is 2. The summed E-state index contributed by atoms with van der Waals surface area (Å²) in [6.45, 7) is 14.1. The zero-order chi connectivity index (χ0) is 22.9. The summed E-state index contributed by atoms with van der Waals surface area (Å²) < 4.78 is 0. The molecule has 0 atom stereocenters. The minimum atomic E-state index is 0.160. The lowest BCUT2D eigenvalue weighted by atomic mass is 9.83. The van der Waals surface area contributed by atoms with Crippen LogP contribution in [0.15, 0.2) is 69.9 Å². The van der Waals surface area contributed by atoms with Gasteiger partial charge in [-0.05, 0) is 40.4 Å². The molecule has 0 unspecified atom stereocenters. The molecule has 5 heteroatoms. The molecule has 2 rings (SSSR count). The summed E-state index contributed by atoms with van der Waals surface area (Å²) in [5.74, 6) is 0.238. The SMILES string of the molecule is CC(C)(C)/C1=C/C/C=C(C/C=N/N=C(N)NNCc2ccc(C(C)(C)C)cc2)\C=C\C1. The molecule has 0 fully saturated rings. The largest absolute Gasteiger partial charge is 0.367 e. The molecule has 31 heavy (non-hydrogen) atoms. The van der Waals surface area contributed by atoms with Crippen LogP contribution >= 0.6 is 0 Å². The highest BCUT2D eigenvalue weighted by molar-refractivity contribution is 5.77. The van der Waals surface area contributed by atoms with E-state index in [0.29, 0.717) is 6.54 Å². The van der Waals surface area contributed by atoms with E-state index in [4.69, 9.17) is 5.73 Å². The highest BCUT2D eigenvalue weighted by Crippen LogP contribution is 2.30. The number of rotatable bonds is 6. The second kappa shape index (κ2) is 11.1. The van der Waals surface area contributed by atoms with Gasteiger partial charge in [-0.1, -0.05) is 95.7 Å². The molecule has 0 saturated heterocycles. The Bertz CT molecular complexity index is 857. The molecule has 168 valence electrons. The average molecular weight is 422 g/mol. The minimum absolute atomic E-state index is 0.160. The van der Waals surface area contributed by atoms with E-state index in [1.165, 1.54) is 22.3 Å². The van der Waals surface area contributed by atoms with E-state index >= 15 is 0 Å². The van der Waals surface area contributed by atoms with Crippen molar-refractivity contribution in [2.24, 2.45) is 21.4 Å². The number of nitrogens with two attached hydrogens (primary N) is 1. The van der Waals surface area contributed by atoms with Crippen LogP contribution in [0.5, 0.6) is 0 Å². The van der Waals surface area contributed by atoms with E-state index in [0.717, 1.165) is 19.3 Å². The van der Waals surface area contributed by atoms with E-state index in [1.807, 2.05) is 0 Å². The van der Waals surface area contributed by atoms with Crippen molar-refractivity contribution in [2.75, 3.05) is 0 Å². The second-order valence-electron chi connectivity index (χ2n) is 10.0. The maximum atomic E-state index is 5.87. The van der Waals surface area contributed by atoms with E-state index in [9.17, 15) is 0 Å². The van der Waals surface area contributed by atoms with Crippen molar-refractivity contribution >= 4 is 12.2 Å². The number of guanidine groups is 1. The number of hydrogen-bond acceptors (Lipinski definition) is 3. The first kappa shape index (κ1) is 24.6. The summed E-state index contributed by atoms with van der Waals surface area (Å²) in [4.78, 5) is 0. The molecular formula is C26H39N5. The van der Waals surface area contributed by atoms with E-state index < -0.39 is 0 Å². The summed E-state index contributed by atoms with van der Waals surface area (Å²) in [5, 5.41) is 8.08. The average Bonchev–Trinajstić information content (AvgIpc) is 2.65. The Morgan fingerprint density at radius 1 is 1.03 bits per heavy atom. The Labute approximate surface area is 188 Å². The van der Waals surface area contributed by atoms with Crippen LogP contribution in [0.2, 0.25) is 0 Å². The highest BCUT2D eigenvalue weighted by atomic mass is 15.4. The van der Waals surface area contributed by atoms with Crippen LogP contribution in [0.1, 0.15) is 71.9 Å². The summed E-state index contributed by atoms with van der Waals surface area (Å²) in [7, 11) is 0. The van der Waals surface area contributed by atoms with Gasteiger partial charge in [0.15, 0.2) is 0 Å². The van der Waals surface area contributed by atoms with E-state index in [1.54, 1.807) is 6.21 Å². The van der Waals surface area contributed by atoms with Crippen LogP contribution in [0.25, 0.3) is 0 Å². The van der Waals surface area contributed by atoms with Crippen molar-refractivity contribution in [3.05, 3.63) is 70.8 Å². The zero-order valence-electron chi connectivity index (χ0n) is 20.0. The fourth-order valence-electron chi connectivity index (χ4n) is 3.24. The van der Waals surface area contributed by atoms with Crippen LogP contribution in [0.3, 0.4) is 0 Å². The van der Waals surface area contributed by atoms with Crippen molar-refractivity contribution in [2.45, 2.75) is 72.8 Å². The molecule has 0 radical (unpaired) electrons. The quantitative estimate of drug-likeness (QED) is 0.245. The fraction of sp³-hybridized carbons (Fsp3) is 0.462. The third kappa shape index (κ3) is 8.93. The predicted molar refractivity (Wildman–Crippen MR) is 134 cm³/mol. The monoisotopic (exact) mass is 421 g/mol. The first-order valence-electron chi connectivity index (χ1n) is 11.0. The Morgan fingerprint density at radius 2 is 1.74 bits per heavy atom. The molecule has 4 N–H and O–H groups in total. The third-order valence-electron chi connectivity index (χ3n) is 5.28. The maximum Gasteiger partial charge on any atom is 0.228 e. The van der Waals surface area contributed by atoms with Gasteiger partial charge in [0.05, 0.1) is 0 Å². The first-order chi connectivity index (χ1) is 14.6. The molecule has 0 amide bonds. The van der Waals surface area contributed by atoms with Gasteiger partial charge in [-0.3, -0.25) is 5.43 Å². The molecule has 0 bridgehead atoms. The molecule has 0 heterocycles. The second-order valence-corrected chi connectivity index (χ2v) is 10.0. The lowest BCUT2D eigenvalue weighted by Crippen LogP contribution is -2.41. The van der Waals surface area contributed by atoms with Gasteiger partial charge >= 0.3 is 0 Å². The van der Waals surface area contributed by atoms with Crippen LogP contribution in [0, 0.1) is 5.41 Å². The van der Waals surface area contributed by atoms with Crippen LogP contribution in [0.4, 0.5) is 0 Å². The lowest BCUT2D eigenvalue weighted by molar-refractivity contribution is 0.492. The van der Waals surface area contributed by atoms with Gasteiger partial charge < -0.3 is 5.73 Å². The molecular weight excluding hydrogens is 382 g/mol. The predicted octanol–water partition coefficient (Wildman–Crippen LogP) is 5.52. The van der Waals surface area contributed by atoms with Gasteiger partial charge in [-0.25, -0.2) is 5.43 Å². The number of benzene rings is 1. The number of hydrazine groups is 1. The smallest absolute Gasteiger partial charge is 0.228 e. The topological polar surface area (TPSA) is 74.8 Å². The van der Waals surface area contributed by atoms with Crippen LogP contribution in [-0.4, -0.2) is 12.2 Å². The normalized spacial score (nSPS) is 20.4. The number of nitrogens with zero attached hydrogens (tertiary/aromatic N) is 2. The third-order valence-corrected chi connectivity index (χ3v) is 5.28. The highest BCUT2D eigenvalue weighted by Gasteiger charge is 2.15. The van der Waals surface area contributed by atoms with Crippen molar-refractivity contribution in [3.63, 3.8) is 0 Å². The van der Waals surface area contributed by atoms with Gasteiger partial charge in [-0.2, -0.15) is 5.10 Å². The van der Waals surface area contributed by atoms with E-state index in [-0.39, 0.29) is 16.8 Å². The van der Waals surface area contributed by atoms with Crippen LogP contribution in [-0.2, 0) is 12.0 Å². The lowest BCUT2D eigenvalue weighted by Gasteiger charge is -2.23. The van der Waals surface area contributed by atoms with Gasteiger partial charge in [0.2, 0.25) is 5.96 Å². The molecule has 0 spiro atoms. The Hall–Kier alpha value is -2.66. The van der Waals surface area contributed by atoms with E-state index in [2.05, 4.69) is 111 Å². The molecule has 1 aromatic carbocycles. The Balaban J connectivity index is 1.76. The summed E-state index contributed by atoms with van der Waals surface area (Å²) in [5.41, 5.74) is 17.4. The van der Waals surface area contributed by atoms with Crippen molar-refractivity contribution < 1.29 is 0 Å². The van der Waals surface area contributed by atoms with Crippen molar-refractivity contribution in [3.8, 4) is 0 Å². The summed E-state index contributed by atoms with van der Waals surface area (Å²) in [6, 6.07) is 8.57. The molecule has 0 aliphatic heterocycles. The van der Waals surface area contributed by atoms with Crippen LogP contribution < -0.4 is 16.6 Å². The zero-order valence-corrected chi connectivity index (χ0v) is 20.0. The summed E-state index contributed by atoms with van der Waals surface area (Å²) in [6.07, 6.45) is 13.5. The Kier molecular flexibility index (Phi) is 8.81. The van der Waals surface area contributed by atoms with Crippen molar-refractivity contribution in [1.82, 2.24) is 10.9 Å². The van der Waals surface area contributed by atoms with Gasteiger partial charge in [0, 0.05) is 19.2 Å². The molecule has 0 saturated carbocycles. The maximum absolute atomic E-state index is 5.87. The van der Waals surface area contributed by atoms with Gasteiger partial charge in [-0.15, -0.1) is 5.10 Å². The molecule has 5 nitrogen and oxygen atoms in total. The molecule has 1 aliphatic rings. The fourth-order valence-corrected chi connectivity index (χ4v) is 3.24. The molecule has 1 aliphatic carbocycles. The standard InChI is InChI=1S/C26H39N5/c1-25(2,3)22-11-7-9-20(10-8-12-22)17-18-28-30-24(27)31-29-19-21-13-15-23(16-14-21)26(4,5)6/h7,9-10,12-16,18,29H,8,11,17,19H2,1-6H3,(H3,27,30,31)/b9-7+,20-10+,22-12+,28-18+. The molecule has 0 aromatic heterocycles. The van der Waals surface area contributed by atoms with Crippen molar-refractivity contribution in [1.29, 1.82) is 0 Å². The first-order valence-corrected chi connectivity index (χ1v) is 11.0.